The molecule has 2 N–H and O–H groups in total. The van der Waals surface area contributed by atoms with E-state index in [9.17, 15) is 4.79 Å². The maximum absolute atomic E-state index is 12.1. The molecular weight excluding hydrogens is 258 g/mol. The Hall–Kier alpha value is -1.88. The molecule has 0 atom stereocenters. The van der Waals surface area contributed by atoms with E-state index < -0.39 is 0 Å². The number of benzene rings is 1. The van der Waals surface area contributed by atoms with Crippen LogP contribution in [0.5, 0.6) is 0 Å². The average Bonchev–Trinajstić information content (AvgIpc) is 2.81. The van der Waals surface area contributed by atoms with Gasteiger partial charge in [-0.25, -0.2) is 4.98 Å². The van der Waals surface area contributed by atoms with E-state index in [1.807, 2.05) is 25.1 Å². The van der Waals surface area contributed by atoms with Crippen LogP contribution < -0.4 is 10.6 Å². The molecule has 1 aromatic carbocycles. The highest BCUT2D eigenvalue weighted by atomic mass is 32.1. The highest BCUT2D eigenvalue weighted by Crippen LogP contribution is 2.32. The van der Waals surface area contributed by atoms with Crippen LogP contribution in [0, 0.1) is 13.8 Å². The van der Waals surface area contributed by atoms with Crippen LogP contribution in [-0.4, -0.2) is 10.9 Å². The summed E-state index contributed by atoms with van der Waals surface area (Å²) in [6.45, 7) is 4.60. The zero-order valence-electron chi connectivity index (χ0n) is 10.9. The van der Waals surface area contributed by atoms with Gasteiger partial charge in [0.25, 0.3) is 0 Å². The molecule has 0 spiro atoms. The second-order valence-corrected chi connectivity index (χ2v) is 6.08. The quantitative estimate of drug-likeness (QED) is 0.855. The molecule has 1 aliphatic rings. The number of hydrogen-bond donors (Lipinski definition) is 1. The van der Waals surface area contributed by atoms with E-state index in [1.165, 1.54) is 4.88 Å². The van der Waals surface area contributed by atoms with Crippen molar-refractivity contribution in [2.24, 2.45) is 0 Å². The number of aromatic nitrogens is 1. The van der Waals surface area contributed by atoms with Gasteiger partial charge in [0.1, 0.15) is 5.01 Å². The van der Waals surface area contributed by atoms with Crippen LogP contribution >= 0.6 is 11.3 Å². The normalized spacial score (nSPS) is 14.0. The summed E-state index contributed by atoms with van der Waals surface area (Å²) in [6, 6.07) is 5.64. The molecule has 0 aliphatic carbocycles. The van der Waals surface area contributed by atoms with Crippen molar-refractivity contribution >= 4 is 28.6 Å². The van der Waals surface area contributed by atoms with Crippen LogP contribution in [0.3, 0.4) is 0 Å². The van der Waals surface area contributed by atoms with E-state index >= 15 is 0 Å². The van der Waals surface area contributed by atoms with Crippen LogP contribution in [0.1, 0.15) is 21.1 Å². The van der Waals surface area contributed by atoms with Gasteiger partial charge in [0.2, 0.25) is 5.91 Å². The van der Waals surface area contributed by atoms with Crippen LogP contribution in [0.2, 0.25) is 0 Å². The van der Waals surface area contributed by atoms with Gasteiger partial charge in [-0.1, -0.05) is 0 Å². The topological polar surface area (TPSA) is 59.2 Å². The summed E-state index contributed by atoms with van der Waals surface area (Å²) in [7, 11) is 0. The number of nitrogen functional groups attached to an aromatic ring is 1. The third-order valence-electron chi connectivity index (χ3n) is 3.40. The molecule has 2 heterocycles. The van der Waals surface area contributed by atoms with Gasteiger partial charge in [-0.2, -0.15) is 0 Å². The molecule has 0 fully saturated rings. The first-order chi connectivity index (χ1) is 9.04. The van der Waals surface area contributed by atoms with E-state index in [-0.39, 0.29) is 5.91 Å². The fourth-order valence-corrected chi connectivity index (χ4v) is 3.24. The van der Waals surface area contributed by atoms with E-state index in [4.69, 9.17) is 5.73 Å². The van der Waals surface area contributed by atoms with Crippen LogP contribution in [0.4, 0.5) is 11.4 Å². The van der Waals surface area contributed by atoms with Crippen molar-refractivity contribution in [1.82, 2.24) is 4.98 Å². The first-order valence-corrected chi connectivity index (χ1v) is 6.98. The van der Waals surface area contributed by atoms with Crippen molar-refractivity contribution in [1.29, 1.82) is 0 Å². The van der Waals surface area contributed by atoms with Gasteiger partial charge in [-0.05, 0) is 37.6 Å². The summed E-state index contributed by atoms with van der Waals surface area (Å²) in [6.07, 6.45) is 0.434. The van der Waals surface area contributed by atoms with Gasteiger partial charge in [0, 0.05) is 16.3 Å². The Bertz CT molecular complexity index is 643. The lowest BCUT2D eigenvalue weighted by atomic mass is 10.1. The smallest absolute Gasteiger partial charge is 0.231 e. The van der Waals surface area contributed by atoms with Gasteiger partial charge in [-0.3, -0.25) is 4.79 Å². The Morgan fingerprint density at radius 3 is 2.89 bits per heavy atom. The highest BCUT2D eigenvalue weighted by Gasteiger charge is 2.28. The summed E-state index contributed by atoms with van der Waals surface area (Å²) in [4.78, 5) is 19.6. The number of fused-ring (bicyclic) bond motifs is 1. The minimum absolute atomic E-state index is 0.117. The minimum Gasteiger partial charge on any atom is -0.399 e. The van der Waals surface area contributed by atoms with Crippen molar-refractivity contribution in [2.75, 3.05) is 10.6 Å². The van der Waals surface area contributed by atoms with Crippen molar-refractivity contribution in [3.63, 3.8) is 0 Å². The zero-order chi connectivity index (χ0) is 13.6. The number of thiazole rings is 1. The molecule has 98 valence electrons. The molecule has 4 nitrogen and oxygen atoms in total. The Morgan fingerprint density at radius 1 is 1.42 bits per heavy atom. The zero-order valence-corrected chi connectivity index (χ0v) is 11.8. The lowest BCUT2D eigenvalue weighted by molar-refractivity contribution is -0.117. The average molecular weight is 273 g/mol. The molecule has 0 saturated heterocycles. The van der Waals surface area contributed by atoms with Gasteiger partial charge in [-0.15, -0.1) is 11.3 Å². The number of hydrogen-bond acceptors (Lipinski definition) is 4. The number of nitrogens with two attached hydrogens (primary N) is 1. The predicted molar refractivity (Wildman–Crippen MR) is 77.3 cm³/mol. The monoisotopic (exact) mass is 273 g/mol. The van der Waals surface area contributed by atoms with E-state index in [2.05, 4.69) is 11.9 Å². The first-order valence-electron chi connectivity index (χ1n) is 6.16. The number of rotatable bonds is 2. The minimum atomic E-state index is 0.117. The molecule has 19 heavy (non-hydrogen) atoms. The summed E-state index contributed by atoms with van der Waals surface area (Å²) in [5, 5.41) is 0.980. The standard InChI is InChI=1S/C14H15N3OS/c1-8-9(2)19-13(16-8)7-17-12-4-3-11(15)5-10(12)6-14(17)18/h3-5H,6-7,15H2,1-2H3. The van der Waals surface area contributed by atoms with E-state index in [0.29, 0.717) is 18.7 Å². The van der Waals surface area contributed by atoms with Crippen molar-refractivity contribution < 1.29 is 4.79 Å². The lowest BCUT2D eigenvalue weighted by Gasteiger charge is -2.15. The molecule has 0 radical (unpaired) electrons. The van der Waals surface area contributed by atoms with Crippen LogP contribution in [0.25, 0.3) is 0 Å². The predicted octanol–water partition coefficient (Wildman–Crippen LogP) is 2.43. The number of nitrogens with zero attached hydrogens (tertiary/aromatic N) is 2. The van der Waals surface area contributed by atoms with Crippen LogP contribution in [0.15, 0.2) is 18.2 Å². The van der Waals surface area contributed by atoms with E-state index in [0.717, 1.165) is 22.0 Å². The number of carbonyl (C=O) groups excluding carboxylic acids is 1. The highest BCUT2D eigenvalue weighted by molar-refractivity contribution is 7.11. The molecule has 5 heteroatoms. The lowest BCUT2D eigenvalue weighted by Crippen LogP contribution is -2.25. The maximum atomic E-state index is 12.1. The fraction of sp³-hybridized carbons (Fsp3) is 0.286. The molecule has 2 aromatic rings. The third-order valence-corrected chi connectivity index (χ3v) is 4.46. The van der Waals surface area contributed by atoms with Crippen molar-refractivity contribution in [2.45, 2.75) is 26.8 Å². The molecule has 0 unspecified atom stereocenters. The summed E-state index contributed by atoms with van der Waals surface area (Å²) < 4.78 is 0. The van der Waals surface area contributed by atoms with E-state index in [1.54, 1.807) is 16.2 Å². The van der Waals surface area contributed by atoms with Crippen LogP contribution in [-0.2, 0) is 17.8 Å². The number of amides is 1. The molecule has 1 aromatic heterocycles. The Kier molecular flexibility index (Phi) is 2.78. The van der Waals surface area contributed by atoms with Crippen molar-refractivity contribution in [3.8, 4) is 0 Å². The second kappa shape index (κ2) is 4.35. The third kappa shape index (κ3) is 2.10. The summed E-state index contributed by atoms with van der Waals surface area (Å²) in [5.74, 6) is 0.117. The molecule has 0 bridgehead atoms. The second-order valence-electron chi connectivity index (χ2n) is 4.79. The Morgan fingerprint density at radius 2 is 2.21 bits per heavy atom. The van der Waals surface area contributed by atoms with Gasteiger partial charge in [0.15, 0.2) is 0 Å². The summed E-state index contributed by atoms with van der Waals surface area (Å²) in [5.41, 5.74) is 9.48. The molecule has 1 aliphatic heterocycles. The SMILES string of the molecule is Cc1nc(CN2C(=O)Cc3cc(N)ccc32)sc1C. The molecular formula is C14H15N3OS. The molecule has 0 saturated carbocycles. The number of anilines is 2. The number of aryl methyl sites for hydroxylation is 2. The Balaban J connectivity index is 1.92. The largest absolute Gasteiger partial charge is 0.399 e. The molecule has 3 rings (SSSR count). The number of carbonyl (C=O) groups is 1. The van der Waals surface area contributed by atoms with Gasteiger partial charge < -0.3 is 10.6 Å². The maximum Gasteiger partial charge on any atom is 0.231 e. The van der Waals surface area contributed by atoms with Crippen molar-refractivity contribution in [3.05, 3.63) is 39.3 Å². The first kappa shape index (κ1) is 12.2. The van der Waals surface area contributed by atoms with Gasteiger partial charge >= 0.3 is 0 Å². The Labute approximate surface area is 115 Å². The van der Waals surface area contributed by atoms with Gasteiger partial charge in [0.05, 0.1) is 18.7 Å². The summed E-state index contributed by atoms with van der Waals surface area (Å²) >= 11 is 1.65. The fourth-order valence-electron chi connectivity index (χ4n) is 2.32. The molecule has 1 amide bonds.